The van der Waals surface area contributed by atoms with Crippen LogP contribution in [0.25, 0.3) is 0 Å². The van der Waals surface area contributed by atoms with Crippen LogP contribution in [-0.2, 0) is 4.79 Å². The van der Waals surface area contributed by atoms with E-state index in [1.165, 1.54) is 8.68 Å². The zero-order valence-corrected chi connectivity index (χ0v) is 18.4. The molecule has 0 saturated carbocycles. The maximum Gasteiger partial charge on any atom is 0.285 e. The van der Waals surface area contributed by atoms with E-state index in [1.54, 1.807) is 12.1 Å². The molecule has 0 atom stereocenters. The van der Waals surface area contributed by atoms with Gasteiger partial charge < -0.3 is 10.1 Å². The Hall–Kier alpha value is -2.42. The molecule has 6 nitrogen and oxygen atoms in total. The van der Waals surface area contributed by atoms with Crippen molar-refractivity contribution in [2.75, 3.05) is 13.2 Å². The summed E-state index contributed by atoms with van der Waals surface area (Å²) in [6.07, 6.45) is 0.440. The molecule has 0 aliphatic heterocycles. The van der Waals surface area contributed by atoms with Gasteiger partial charge >= 0.3 is 0 Å². The van der Waals surface area contributed by atoms with Crippen LogP contribution in [0.1, 0.15) is 33.7 Å². The van der Waals surface area contributed by atoms with Crippen molar-refractivity contribution in [3.8, 4) is 5.75 Å². The molecule has 0 unspecified atom stereocenters. The average Bonchev–Trinajstić information content (AvgIpc) is 2.67. The Bertz CT molecular complexity index is 883. The number of nitrogens with one attached hydrogen (secondary N) is 1. The highest BCUT2D eigenvalue weighted by Gasteiger charge is 2.17. The number of hydrogen-bond donors (Lipinski definition) is 1. The van der Waals surface area contributed by atoms with Crippen LogP contribution in [0.15, 0.2) is 48.7 Å². The molecule has 0 aliphatic carbocycles. The lowest BCUT2D eigenvalue weighted by Crippen LogP contribution is -2.31. The van der Waals surface area contributed by atoms with Gasteiger partial charge in [0, 0.05) is 24.4 Å². The van der Waals surface area contributed by atoms with Gasteiger partial charge in [-0.25, -0.2) is 4.98 Å². The van der Waals surface area contributed by atoms with Crippen LogP contribution in [0.3, 0.4) is 0 Å². The smallest absolute Gasteiger partial charge is 0.285 e. The number of ether oxygens (including phenoxy) is 1. The van der Waals surface area contributed by atoms with Crippen molar-refractivity contribution >= 4 is 34.7 Å². The van der Waals surface area contributed by atoms with E-state index in [0.29, 0.717) is 30.1 Å². The lowest BCUT2D eigenvalue weighted by atomic mass is 10.1. The predicted octanol–water partition coefficient (Wildman–Crippen LogP) is 3.90. The minimum absolute atomic E-state index is 0.0604. The molecule has 0 radical (unpaired) electrons. The number of carbonyl (C=O) groups is 2. The summed E-state index contributed by atoms with van der Waals surface area (Å²) in [6, 6.07) is 11.0. The van der Waals surface area contributed by atoms with Gasteiger partial charge in [-0.1, -0.05) is 18.7 Å². The minimum Gasteiger partial charge on any atom is -0.484 e. The summed E-state index contributed by atoms with van der Waals surface area (Å²) in [5.74, 6) is 0.203. The fourth-order valence-electron chi connectivity index (χ4n) is 2.35. The van der Waals surface area contributed by atoms with Gasteiger partial charge in [-0.3, -0.25) is 12.7 Å². The third-order valence-electron chi connectivity index (χ3n) is 4.15. The van der Waals surface area contributed by atoms with Gasteiger partial charge in [0.1, 0.15) is 11.4 Å². The Morgan fingerprint density at radius 1 is 1.18 bits per heavy atom. The molecule has 1 aromatic carbocycles. The monoisotopic (exact) mass is 493 g/mol. The van der Waals surface area contributed by atoms with Crippen molar-refractivity contribution in [2.45, 2.75) is 27.2 Å². The van der Waals surface area contributed by atoms with Gasteiger partial charge in [-0.15, -0.1) is 0 Å². The summed E-state index contributed by atoms with van der Waals surface area (Å²) >= 11 is 1.90. The SMILES string of the molecule is C=C(CCNC(=O)COc1ccc(C)c(C)c1)N(I)C(=O)c1cccc(C)n1. The number of aryl methyl sites for hydroxylation is 3. The number of benzene rings is 1. The Labute approximate surface area is 179 Å². The van der Waals surface area contributed by atoms with E-state index >= 15 is 0 Å². The van der Waals surface area contributed by atoms with E-state index in [2.05, 4.69) is 16.9 Å². The predicted molar refractivity (Wildman–Crippen MR) is 117 cm³/mol. The van der Waals surface area contributed by atoms with Gasteiger partial charge in [-0.05, 0) is 56.2 Å². The zero-order chi connectivity index (χ0) is 20.7. The molecule has 0 fully saturated rings. The fourth-order valence-corrected chi connectivity index (χ4v) is 2.84. The first kappa shape index (κ1) is 21.9. The molecule has 2 rings (SSSR count). The van der Waals surface area contributed by atoms with Crippen molar-refractivity contribution in [3.05, 3.63) is 71.2 Å². The molecule has 0 spiro atoms. The number of rotatable bonds is 8. The summed E-state index contributed by atoms with van der Waals surface area (Å²) in [4.78, 5) is 28.6. The second kappa shape index (κ2) is 10.2. The lowest BCUT2D eigenvalue weighted by molar-refractivity contribution is -0.123. The first-order chi connectivity index (χ1) is 13.3. The molecule has 0 saturated heterocycles. The van der Waals surface area contributed by atoms with Gasteiger partial charge in [0.25, 0.3) is 11.8 Å². The van der Waals surface area contributed by atoms with E-state index in [1.807, 2.05) is 67.9 Å². The molecule has 2 amide bonds. The van der Waals surface area contributed by atoms with Crippen molar-refractivity contribution < 1.29 is 14.3 Å². The first-order valence-electron chi connectivity index (χ1n) is 8.86. The van der Waals surface area contributed by atoms with Crippen LogP contribution in [-0.4, -0.2) is 33.1 Å². The molecular weight excluding hydrogens is 469 g/mol. The van der Waals surface area contributed by atoms with Gasteiger partial charge in [0.05, 0.1) is 22.9 Å². The van der Waals surface area contributed by atoms with Crippen molar-refractivity contribution in [1.29, 1.82) is 0 Å². The highest BCUT2D eigenvalue weighted by Crippen LogP contribution is 2.17. The maximum atomic E-state index is 12.4. The Morgan fingerprint density at radius 3 is 2.61 bits per heavy atom. The average molecular weight is 493 g/mol. The van der Waals surface area contributed by atoms with Gasteiger partial charge in [-0.2, -0.15) is 0 Å². The summed E-state index contributed by atoms with van der Waals surface area (Å²) < 4.78 is 6.93. The molecule has 28 heavy (non-hydrogen) atoms. The number of nitrogens with zero attached hydrogens (tertiary/aromatic N) is 2. The van der Waals surface area contributed by atoms with E-state index in [9.17, 15) is 9.59 Å². The van der Waals surface area contributed by atoms with Gasteiger partial charge in [0.2, 0.25) is 0 Å². The first-order valence-corrected chi connectivity index (χ1v) is 9.83. The fraction of sp³-hybridized carbons (Fsp3) is 0.286. The molecule has 2 aromatic rings. The van der Waals surface area contributed by atoms with Crippen molar-refractivity contribution in [3.63, 3.8) is 0 Å². The quantitative estimate of drug-likeness (QED) is 0.448. The number of hydrogen-bond acceptors (Lipinski definition) is 4. The molecule has 148 valence electrons. The summed E-state index contributed by atoms with van der Waals surface area (Å²) in [5, 5.41) is 2.77. The van der Waals surface area contributed by atoms with Crippen LogP contribution in [0.5, 0.6) is 5.75 Å². The second-order valence-corrected chi connectivity index (χ2v) is 7.42. The molecule has 7 heteroatoms. The Balaban J connectivity index is 1.75. The standard InChI is InChI=1S/C21H24IN3O3/c1-14-8-9-18(12-15(14)2)28-13-20(26)23-11-10-17(4)25(22)21(27)19-7-5-6-16(3)24-19/h5-9,12H,4,10-11,13H2,1-3H3,(H,23,26). The Kier molecular flexibility index (Phi) is 7.98. The molecule has 1 N–H and O–H groups in total. The van der Waals surface area contributed by atoms with E-state index in [-0.39, 0.29) is 18.4 Å². The number of pyridine rings is 1. The normalized spacial score (nSPS) is 10.3. The molecule has 1 aromatic heterocycles. The summed E-state index contributed by atoms with van der Waals surface area (Å²) in [6.45, 7) is 10.1. The Morgan fingerprint density at radius 2 is 1.93 bits per heavy atom. The van der Waals surface area contributed by atoms with Crippen molar-refractivity contribution in [2.24, 2.45) is 0 Å². The van der Waals surface area contributed by atoms with Crippen LogP contribution in [0.4, 0.5) is 0 Å². The van der Waals surface area contributed by atoms with E-state index in [0.717, 1.165) is 11.3 Å². The van der Waals surface area contributed by atoms with Crippen LogP contribution in [0.2, 0.25) is 0 Å². The topological polar surface area (TPSA) is 71.5 Å². The van der Waals surface area contributed by atoms with Crippen LogP contribution < -0.4 is 10.1 Å². The molecule has 1 heterocycles. The van der Waals surface area contributed by atoms with Crippen LogP contribution >= 0.6 is 22.9 Å². The number of amides is 2. The number of carbonyl (C=O) groups excluding carboxylic acids is 2. The van der Waals surface area contributed by atoms with E-state index < -0.39 is 0 Å². The highest BCUT2D eigenvalue weighted by atomic mass is 127. The number of halogens is 1. The highest BCUT2D eigenvalue weighted by molar-refractivity contribution is 14.1. The molecule has 0 aliphatic rings. The maximum absolute atomic E-state index is 12.4. The molecular formula is C21H24IN3O3. The van der Waals surface area contributed by atoms with Crippen LogP contribution in [0, 0.1) is 20.8 Å². The molecule has 0 bridgehead atoms. The summed E-state index contributed by atoms with van der Waals surface area (Å²) in [7, 11) is 0. The third-order valence-corrected chi connectivity index (χ3v) is 5.27. The van der Waals surface area contributed by atoms with E-state index in [4.69, 9.17) is 4.74 Å². The van der Waals surface area contributed by atoms with Gasteiger partial charge in [0.15, 0.2) is 6.61 Å². The summed E-state index contributed by atoms with van der Waals surface area (Å²) in [5.41, 5.74) is 4.01. The lowest BCUT2D eigenvalue weighted by Gasteiger charge is -2.17. The van der Waals surface area contributed by atoms with Crippen molar-refractivity contribution in [1.82, 2.24) is 13.4 Å². The largest absolute Gasteiger partial charge is 0.484 e. The second-order valence-electron chi connectivity index (χ2n) is 6.45. The third kappa shape index (κ3) is 6.33. The number of aromatic nitrogens is 1. The zero-order valence-electron chi connectivity index (χ0n) is 16.3. The minimum atomic E-state index is -0.237.